The van der Waals surface area contributed by atoms with E-state index in [9.17, 15) is 4.79 Å². The van der Waals surface area contributed by atoms with Crippen LogP contribution in [0.2, 0.25) is 0 Å². The molecule has 0 saturated heterocycles. The van der Waals surface area contributed by atoms with E-state index in [-0.39, 0.29) is 5.91 Å². The summed E-state index contributed by atoms with van der Waals surface area (Å²) >= 11 is 0. The molecule has 0 radical (unpaired) electrons. The number of rotatable bonds is 5. The van der Waals surface area contributed by atoms with E-state index in [2.05, 4.69) is 0 Å². The van der Waals surface area contributed by atoms with Gasteiger partial charge in [0.05, 0.1) is 12.7 Å². The Bertz CT molecular complexity index is 441. The highest BCUT2D eigenvalue weighted by molar-refractivity contribution is 5.97. The van der Waals surface area contributed by atoms with Crippen LogP contribution in [0.4, 0.5) is 0 Å². The van der Waals surface area contributed by atoms with Crippen molar-refractivity contribution in [3.05, 3.63) is 29.3 Å². The van der Waals surface area contributed by atoms with Crippen molar-refractivity contribution in [1.82, 2.24) is 4.90 Å². The van der Waals surface area contributed by atoms with Crippen LogP contribution in [0, 0.1) is 6.92 Å². The topological polar surface area (TPSA) is 55.6 Å². The molecule has 0 aromatic heterocycles. The van der Waals surface area contributed by atoms with E-state index in [1.807, 2.05) is 30.0 Å². The lowest BCUT2D eigenvalue weighted by atomic mass is 10.1. The molecule has 98 valence electrons. The Balaban J connectivity index is 2.28. The van der Waals surface area contributed by atoms with Crippen molar-refractivity contribution < 1.29 is 9.53 Å². The maximum atomic E-state index is 12.5. The van der Waals surface area contributed by atoms with Crippen molar-refractivity contribution in [1.29, 1.82) is 0 Å². The zero-order chi connectivity index (χ0) is 13.1. The normalized spacial score (nSPS) is 14.4. The van der Waals surface area contributed by atoms with Crippen LogP contribution >= 0.6 is 0 Å². The molecule has 0 bridgehead atoms. The molecule has 0 aliphatic heterocycles. The molecule has 1 fully saturated rings. The molecule has 0 spiro atoms. The number of methoxy groups -OCH3 is 1. The first kappa shape index (κ1) is 12.9. The average molecular weight is 248 g/mol. The van der Waals surface area contributed by atoms with Gasteiger partial charge in [-0.05, 0) is 31.9 Å². The van der Waals surface area contributed by atoms with E-state index in [1.54, 1.807) is 7.11 Å². The summed E-state index contributed by atoms with van der Waals surface area (Å²) in [6.45, 7) is 3.08. The number of carbonyl (C=O) groups excluding carboxylic acids is 1. The first-order chi connectivity index (χ1) is 8.67. The number of amides is 1. The number of ether oxygens (including phenoxy) is 1. The summed E-state index contributed by atoms with van der Waals surface area (Å²) in [7, 11) is 1.59. The summed E-state index contributed by atoms with van der Waals surface area (Å²) in [4.78, 5) is 14.4. The van der Waals surface area contributed by atoms with Gasteiger partial charge in [0, 0.05) is 19.1 Å². The Morgan fingerprint density at radius 3 is 2.78 bits per heavy atom. The van der Waals surface area contributed by atoms with Gasteiger partial charge in [-0.15, -0.1) is 0 Å². The van der Waals surface area contributed by atoms with Crippen LogP contribution in [0.1, 0.15) is 28.8 Å². The van der Waals surface area contributed by atoms with Gasteiger partial charge in [0.15, 0.2) is 0 Å². The molecule has 0 atom stereocenters. The minimum atomic E-state index is 0.0310. The summed E-state index contributed by atoms with van der Waals surface area (Å²) in [6, 6.07) is 6.04. The van der Waals surface area contributed by atoms with Crippen LogP contribution in [0.3, 0.4) is 0 Å². The maximum Gasteiger partial charge on any atom is 0.257 e. The summed E-state index contributed by atoms with van der Waals surface area (Å²) in [5.41, 5.74) is 7.28. The number of nitrogens with zero attached hydrogens (tertiary/aromatic N) is 1. The second-order valence-electron chi connectivity index (χ2n) is 4.72. The van der Waals surface area contributed by atoms with Gasteiger partial charge in [-0.3, -0.25) is 4.79 Å². The van der Waals surface area contributed by atoms with Gasteiger partial charge < -0.3 is 15.4 Å². The van der Waals surface area contributed by atoms with Crippen molar-refractivity contribution in [3.8, 4) is 5.75 Å². The van der Waals surface area contributed by atoms with E-state index in [4.69, 9.17) is 10.5 Å². The first-order valence-corrected chi connectivity index (χ1v) is 6.33. The molecule has 1 aromatic rings. The fourth-order valence-electron chi connectivity index (χ4n) is 2.12. The number of aryl methyl sites for hydroxylation is 1. The fraction of sp³-hybridized carbons (Fsp3) is 0.500. The van der Waals surface area contributed by atoms with Gasteiger partial charge in [-0.25, -0.2) is 0 Å². The molecule has 4 nitrogen and oxygen atoms in total. The smallest absolute Gasteiger partial charge is 0.257 e. The van der Waals surface area contributed by atoms with Crippen molar-refractivity contribution in [3.63, 3.8) is 0 Å². The number of hydrogen-bond donors (Lipinski definition) is 1. The Kier molecular flexibility index (Phi) is 3.87. The predicted molar refractivity (Wildman–Crippen MR) is 70.8 cm³/mol. The standard InChI is InChI=1S/C14H20N2O2/c1-10-3-6-13(18-2)12(9-10)14(17)16(8-7-15)11-4-5-11/h3,6,9,11H,4-5,7-8,15H2,1-2H3. The Labute approximate surface area is 108 Å². The van der Waals surface area contributed by atoms with Crippen LogP contribution < -0.4 is 10.5 Å². The van der Waals surface area contributed by atoms with Crippen molar-refractivity contribution in [2.45, 2.75) is 25.8 Å². The van der Waals surface area contributed by atoms with E-state index in [0.29, 0.717) is 30.4 Å². The van der Waals surface area contributed by atoms with Crippen LogP contribution in [0.25, 0.3) is 0 Å². The number of benzene rings is 1. The second-order valence-corrected chi connectivity index (χ2v) is 4.72. The van der Waals surface area contributed by atoms with Crippen molar-refractivity contribution in [2.24, 2.45) is 5.73 Å². The number of hydrogen-bond acceptors (Lipinski definition) is 3. The van der Waals surface area contributed by atoms with Gasteiger partial charge in [0.2, 0.25) is 0 Å². The summed E-state index contributed by atoms with van der Waals surface area (Å²) < 4.78 is 5.27. The van der Waals surface area contributed by atoms with Crippen molar-refractivity contribution in [2.75, 3.05) is 20.2 Å². The lowest BCUT2D eigenvalue weighted by molar-refractivity contribution is 0.0744. The van der Waals surface area contributed by atoms with E-state index >= 15 is 0 Å². The minimum absolute atomic E-state index is 0.0310. The fourth-order valence-corrected chi connectivity index (χ4v) is 2.12. The average Bonchev–Trinajstić information content (AvgIpc) is 3.19. The lowest BCUT2D eigenvalue weighted by Crippen LogP contribution is -2.37. The molecule has 1 aromatic carbocycles. The molecule has 18 heavy (non-hydrogen) atoms. The largest absolute Gasteiger partial charge is 0.496 e. The van der Waals surface area contributed by atoms with Crippen LogP contribution in [-0.4, -0.2) is 37.0 Å². The molecule has 1 saturated carbocycles. The van der Waals surface area contributed by atoms with Gasteiger partial charge >= 0.3 is 0 Å². The van der Waals surface area contributed by atoms with Gasteiger partial charge in [-0.2, -0.15) is 0 Å². The summed E-state index contributed by atoms with van der Waals surface area (Å²) in [5.74, 6) is 0.664. The van der Waals surface area contributed by atoms with E-state index in [0.717, 1.165) is 18.4 Å². The highest BCUT2D eigenvalue weighted by Crippen LogP contribution is 2.30. The SMILES string of the molecule is COc1ccc(C)cc1C(=O)N(CCN)C1CC1. The Hall–Kier alpha value is -1.55. The monoisotopic (exact) mass is 248 g/mol. The van der Waals surface area contributed by atoms with Gasteiger partial charge in [-0.1, -0.05) is 11.6 Å². The second kappa shape index (κ2) is 5.40. The predicted octanol–water partition coefficient (Wildman–Crippen LogP) is 1.57. The Morgan fingerprint density at radius 2 is 2.22 bits per heavy atom. The molecule has 0 unspecified atom stereocenters. The molecule has 2 rings (SSSR count). The van der Waals surface area contributed by atoms with Crippen LogP contribution in [0.5, 0.6) is 5.75 Å². The molecule has 4 heteroatoms. The maximum absolute atomic E-state index is 12.5. The third-order valence-corrected chi connectivity index (χ3v) is 3.20. The number of carbonyl (C=O) groups is 1. The highest BCUT2D eigenvalue weighted by atomic mass is 16.5. The molecule has 0 heterocycles. The minimum Gasteiger partial charge on any atom is -0.496 e. The molecular weight excluding hydrogens is 228 g/mol. The summed E-state index contributed by atoms with van der Waals surface area (Å²) in [5, 5.41) is 0. The molecule has 1 aliphatic rings. The van der Waals surface area contributed by atoms with Gasteiger partial charge in [0.25, 0.3) is 5.91 Å². The molecule has 2 N–H and O–H groups in total. The first-order valence-electron chi connectivity index (χ1n) is 6.33. The lowest BCUT2D eigenvalue weighted by Gasteiger charge is -2.22. The van der Waals surface area contributed by atoms with Crippen molar-refractivity contribution >= 4 is 5.91 Å². The molecule has 1 amide bonds. The number of nitrogens with two attached hydrogens (primary N) is 1. The Morgan fingerprint density at radius 1 is 1.50 bits per heavy atom. The third-order valence-electron chi connectivity index (χ3n) is 3.20. The quantitative estimate of drug-likeness (QED) is 0.860. The highest BCUT2D eigenvalue weighted by Gasteiger charge is 2.33. The molecular formula is C14H20N2O2. The summed E-state index contributed by atoms with van der Waals surface area (Å²) in [6.07, 6.45) is 2.17. The zero-order valence-corrected chi connectivity index (χ0v) is 11.0. The third kappa shape index (κ3) is 2.64. The van der Waals surface area contributed by atoms with Gasteiger partial charge in [0.1, 0.15) is 5.75 Å². The van der Waals surface area contributed by atoms with E-state index < -0.39 is 0 Å². The molecule has 1 aliphatic carbocycles. The zero-order valence-electron chi connectivity index (χ0n) is 11.0. The van der Waals surface area contributed by atoms with E-state index in [1.165, 1.54) is 0 Å². The van der Waals surface area contributed by atoms with Crippen LogP contribution in [-0.2, 0) is 0 Å². The van der Waals surface area contributed by atoms with Crippen LogP contribution in [0.15, 0.2) is 18.2 Å².